The molecule has 11 heteroatoms. The number of anilines is 3. The molecule has 0 aliphatic rings. The number of nitrogens with one attached hydrogen (secondary N) is 3. The number of hydrogen-bond donors (Lipinski definition) is 3. The third-order valence-corrected chi connectivity index (χ3v) is 8.12. The lowest BCUT2D eigenvalue weighted by molar-refractivity contribution is -0.118. The summed E-state index contributed by atoms with van der Waals surface area (Å²) < 4.78 is 6.57. The highest BCUT2D eigenvalue weighted by Gasteiger charge is 2.11. The zero-order chi connectivity index (χ0) is 31.1. The van der Waals surface area contributed by atoms with Crippen molar-refractivity contribution >= 4 is 73.4 Å². The summed E-state index contributed by atoms with van der Waals surface area (Å²) in [5.41, 5.74) is 8.97. The molecular weight excluding hydrogens is 662 g/mol. The summed E-state index contributed by atoms with van der Waals surface area (Å²) in [6, 6.07) is 25.5. The van der Waals surface area contributed by atoms with Gasteiger partial charge in [-0.05, 0) is 85.6 Å². The molecule has 2 amide bonds. The number of hydrazone groups is 1. The fourth-order valence-corrected chi connectivity index (χ4v) is 5.35. The van der Waals surface area contributed by atoms with Crippen molar-refractivity contribution in [1.29, 1.82) is 0 Å². The van der Waals surface area contributed by atoms with Gasteiger partial charge in [-0.15, -0.1) is 11.3 Å². The zero-order valence-corrected chi connectivity index (χ0v) is 26.9. The lowest BCUT2D eigenvalue weighted by atomic mass is 10.1. The molecule has 5 aromatic rings. The molecule has 0 spiro atoms. The average molecular weight is 689 g/mol. The van der Waals surface area contributed by atoms with Crippen LogP contribution in [0, 0.1) is 13.8 Å². The van der Waals surface area contributed by atoms with E-state index in [4.69, 9.17) is 16.3 Å². The van der Waals surface area contributed by atoms with Crippen LogP contribution in [-0.2, 0) is 4.79 Å². The lowest BCUT2D eigenvalue weighted by Gasteiger charge is -2.12. The monoisotopic (exact) mass is 687 g/mol. The summed E-state index contributed by atoms with van der Waals surface area (Å²) >= 11 is 10.9. The Morgan fingerprint density at radius 3 is 2.57 bits per heavy atom. The van der Waals surface area contributed by atoms with Gasteiger partial charge in [0.1, 0.15) is 5.75 Å². The van der Waals surface area contributed by atoms with Gasteiger partial charge in [0, 0.05) is 42.9 Å². The number of hydrogen-bond acceptors (Lipinski definition) is 7. The smallest absolute Gasteiger partial charge is 0.271 e. The van der Waals surface area contributed by atoms with E-state index in [1.165, 1.54) is 17.6 Å². The maximum absolute atomic E-state index is 12.8. The Morgan fingerprint density at radius 1 is 1.02 bits per heavy atom. The molecule has 1 heterocycles. The first-order chi connectivity index (χ1) is 21.2. The molecule has 0 saturated carbocycles. The van der Waals surface area contributed by atoms with Crippen molar-refractivity contribution in [3.8, 4) is 17.0 Å². The molecule has 0 fully saturated rings. The predicted molar refractivity (Wildman–Crippen MR) is 182 cm³/mol. The van der Waals surface area contributed by atoms with Crippen molar-refractivity contribution in [2.24, 2.45) is 5.10 Å². The van der Waals surface area contributed by atoms with Crippen LogP contribution in [-0.4, -0.2) is 29.6 Å². The lowest BCUT2D eigenvalue weighted by Crippen LogP contribution is -2.21. The molecule has 1 aromatic heterocycles. The van der Waals surface area contributed by atoms with Gasteiger partial charge in [0.2, 0.25) is 0 Å². The maximum atomic E-state index is 12.8. The quantitative estimate of drug-likeness (QED) is 0.101. The fourth-order valence-electron chi connectivity index (χ4n) is 4.11. The van der Waals surface area contributed by atoms with Crippen LogP contribution >= 0.6 is 38.9 Å². The third kappa shape index (κ3) is 8.10. The molecular formula is C33H27BrClN5O3S. The van der Waals surface area contributed by atoms with E-state index in [9.17, 15) is 9.59 Å². The van der Waals surface area contributed by atoms with Crippen molar-refractivity contribution in [3.05, 3.63) is 122 Å². The van der Waals surface area contributed by atoms with Gasteiger partial charge in [0.15, 0.2) is 11.7 Å². The van der Waals surface area contributed by atoms with Gasteiger partial charge in [-0.3, -0.25) is 9.59 Å². The van der Waals surface area contributed by atoms with Crippen LogP contribution in [0.5, 0.6) is 5.75 Å². The van der Waals surface area contributed by atoms with Gasteiger partial charge in [-0.25, -0.2) is 10.4 Å². The van der Waals surface area contributed by atoms with Crippen LogP contribution in [0.2, 0.25) is 5.02 Å². The second kappa shape index (κ2) is 14.3. The number of thiazole rings is 1. The van der Waals surface area contributed by atoms with E-state index in [0.29, 0.717) is 21.9 Å². The number of rotatable bonds is 10. The molecule has 0 aliphatic carbocycles. The van der Waals surface area contributed by atoms with Crippen molar-refractivity contribution < 1.29 is 14.3 Å². The molecule has 0 radical (unpaired) electrons. The highest BCUT2D eigenvalue weighted by atomic mass is 79.9. The standard InChI is InChI=1S/C33H27BrClN5O3S/c1-20-4-3-5-28(21(20)2)38-31(41)18-43-30-15-10-25(34)16-24(30)17-36-40-32(42)23-8-6-22(7-9-23)29-19-44-33(39-29)37-27-13-11-26(35)12-14-27/h3-17,19H,18H2,1-2H3,(H,37,39)(H,38,41)(H,40,42)/b36-17-. The van der Waals surface area contributed by atoms with E-state index < -0.39 is 0 Å². The number of halogens is 2. The summed E-state index contributed by atoms with van der Waals surface area (Å²) in [7, 11) is 0. The molecule has 5 rings (SSSR count). The molecule has 0 aliphatic heterocycles. The first kappa shape index (κ1) is 30.9. The molecule has 4 aromatic carbocycles. The summed E-state index contributed by atoms with van der Waals surface area (Å²) in [4.78, 5) is 29.9. The van der Waals surface area contributed by atoms with E-state index >= 15 is 0 Å². The van der Waals surface area contributed by atoms with Crippen LogP contribution in [0.4, 0.5) is 16.5 Å². The van der Waals surface area contributed by atoms with Crippen molar-refractivity contribution in [2.75, 3.05) is 17.2 Å². The Labute approximate surface area is 272 Å². The van der Waals surface area contributed by atoms with Gasteiger partial charge in [0.25, 0.3) is 11.8 Å². The van der Waals surface area contributed by atoms with Crippen molar-refractivity contribution in [1.82, 2.24) is 10.4 Å². The maximum Gasteiger partial charge on any atom is 0.271 e. The van der Waals surface area contributed by atoms with Gasteiger partial charge in [-0.1, -0.05) is 51.8 Å². The van der Waals surface area contributed by atoms with Gasteiger partial charge in [0.05, 0.1) is 11.9 Å². The number of ether oxygens (including phenoxy) is 1. The summed E-state index contributed by atoms with van der Waals surface area (Å²) in [5.74, 6) is -0.214. The normalized spacial score (nSPS) is 10.9. The Morgan fingerprint density at radius 2 is 1.80 bits per heavy atom. The van der Waals surface area contributed by atoms with Gasteiger partial charge >= 0.3 is 0 Å². The molecule has 0 unspecified atom stereocenters. The van der Waals surface area contributed by atoms with Crippen LogP contribution in [0.15, 0.2) is 99.9 Å². The number of nitrogens with zero attached hydrogens (tertiary/aromatic N) is 2. The second-order valence-electron chi connectivity index (χ2n) is 9.71. The van der Waals surface area contributed by atoms with Crippen LogP contribution < -0.4 is 20.8 Å². The topological polar surface area (TPSA) is 105 Å². The summed E-state index contributed by atoms with van der Waals surface area (Å²) in [6.45, 7) is 3.76. The number of benzene rings is 4. The Bertz CT molecular complexity index is 1820. The number of carbonyl (C=O) groups is 2. The minimum atomic E-state index is -0.374. The SMILES string of the molecule is Cc1cccc(NC(=O)COc2ccc(Br)cc2/C=N\NC(=O)c2ccc(-c3csc(Nc4ccc(Cl)cc4)n3)cc2)c1C. The predicted octanol–water partition coefficient (Wildman–Crippen LogP) is 8.37. The minimum Gasteiger partial charge on any atom is -0.483 e. The third-order valence-electron chi connectivity index (χ3n) is 6.62. The average Bonchev–Trinajstić information content (AvgIpc) is 3.48. The molecule has 0 atom stereocenters. The Hall–Kier alpha value is -4.51. The highest BCUT2D eigenvalue weighted by molar-refractivity contribution is 9.10. The largest absolute Gasteiger partial charge is 0.483 e. The number of aryl methyl sites for hydroxylation is 1. The van der Waals surface area contributed by atoms with Crippen molar-refractivity contribution in [2.45, 2.75) is 13.8 Å². The van der Waals surface area contributed by atoms with E-state index in [-0.39, 0.29) is 18.4 Å². The molecule has 44 heavy (non-hydrogen) atoms. The van der Waals surface area contributed by atoms with Crippen LogP contribution in [0.3, 0.4) is 0 Å². The number of amides is 2. The fraction of sp³-hybridized carbons (Fsp3) is 0.0909. The molecule has 8 nitrogen and oxygen atoms in total. The summed E-state index contributed by atoms with van der Waals surface area (Å²) in [6.07, 6.45) is 1.47. The molecule has 0 bridgehead atoms. The van der Waals surface area contributed by atoms with E-state index in [1.54, 1.807) is 30.3 Å². The van der Waals surface area contributed by atoms with Gasteiger partial charge < -0.3 is 15.4 Å². The molecule has 222 valence electrons. The Balaban J connectivity index is 1.17. The van der Waals surface area contributed by atoms with Crippen LogP contribution in [0.1, 0.15) is 27.0 Å². The van der Waals surface area contributed by atoms with E-state index in [2.05, 4.69) is 42.1 Å². The number of aromatic nitrogens is 1. The first-order valence-corrected chi connectivity index (χ1v) is 15.5. The van der Waals surface area contributed by atoms with Crippen molar-refractivity contribution in [3.63, 3.8) is 0 Å². The number of carbonyl (C=O) groups excluding carboxylic acids is 2. The Kier molecular flexibility index (Phi) is 10.1. The minimum absolute atomic E-state index is 0.188. The van der Waals surface area contributed by atoms with E-state index in [0.717, 1.165) is 43.4 Å². The van der Waals surface area contributed by atoms with Gasteiger partial charge in [-0.2, -0.15) is 5.10 Å². The molecule has 3 N–H and O–H groups in total. The van der Waals surface area contributed by atoms with E-state index in [1.807, 2.05) is 73.8 Å². The zero-order valence-electron chi connectivity index (χ0n) is 23.7. The van der Waals surface area contributed by atoms with Crippen LogP contribution in [0.25, 0.3) is 11.3 Å². The highest BCUT2D eigenvalue weighted by Crippen LogP contribution is 2.28. The first-order valence-electron chi connectivity index (χ1n) is 13.5. The second-order valence-corrected chi connectivity index (χ2v) is 11.9. The summed E-state index contributed by atoms with van der Waals surface area (Å²) in [5, 5.41) is 13.6. The molecule has 0 saturated heterocycles.